The van der Waals surface area contributed by atoms with E-state index in [1.165, 1.54) is 25.9 Å². The first-order valence-corrected chi connectivity index (χ1v) is 7.68. The number of benzene rings is 1. The number of hydrogen-bond acceptors (Lipinski definition) is 3. The number of hydrogen-bond donors (Lipinski definition) is 0. The molecule has 1 aromatic carbocycles. The molecule has 3 saturated heterocycles. The highest BCUT2D eigenvalue weighted by Crippen LogP contribution is 2.45. The second-order valence-electron chi connectivity index (χ2n) is 6.33. The maximum atomic E-state index is 6.36. The fraction of sp³-hybridized carbons (Fsp3) is 0.533. The van der Waals surface area contributed by atoms with Crippen LogP contribution in [-0.2, 0) is 6.54 Å². The Bertz CT molecular complexity index is 704. The topological polar surface area (TPSA) is 30.3 Å². The third kappa shape index (κ3) is 1.38. The van der Waals surface area contributed by atoms with Crippen molar-refractivity contribution in [3.63, 3.8) is 0 Å². The zero-order valence-corrected chi connectivity index (χ0v) is 11.9. The van der Waals surface area contributed by atoms with Crippen molar-refractivity contribution in [1.82, 2.24) is 14.5 Å². The number of nitrogens with zero attached hydrogens (tertiary/aromatic N) is 3. The fourth-order valence-corrected chi connectivity index (χ4v) is 4.38. The third-order valence-electron chi connectivity index (χ3n) is 5.22. The lowest BCUT2D eigenvalue weighted by Crippen LogP contribution is -2.61. The van der Waals surface area contributed by atoms with Gasteiger partial charge >= 0.3 is 0 Å². The first-order valence-electron chi connectivity index (χ1n) is 7.31. The van der Waals surface area contributed by atoms with Gasteiger partial charge in [0, 0.05) is 17.5 Å². The van der Waals surface area contributed by atoms with E-state index in [0.29, 0.717) is 5.92 Å². The smallest absolute Gasteiger partial charge is 0.298 e. The van der Waals surface area contributed by atoms with Gasteiger partial charge in [0.25, 0.3) is 6.01 Å². The van der Waals surface area contributed by atoms with Gasteiger partial charge in [-0.15, -0.1) is 0 Å². The van der Waals surface area contributed by atoms with Crippen molar-refractivity contribution in [1.29, 1.82) is 0 Å². The molecule has 4 nitrogen and oxygen atoms in total. The van der Waals surface area contributed by atoms with Crippen molar-refractivity contribution < 1.29 is 4.74 Å². The highest BCUT2D eigenvalue weighted by atomic mass is 35.5. The quantitative estimate of drug-likeness (QED) is 0.747. The molecule has 5 heteroatoms. The molecule has 2 bridgehead atoms. The number of ether oxygens (including phenoxy) is 1. The summed E-state index contributed by atoms with van der Waals surface area (Å²) >= 11 is 6.04. The van der Waals surface area contributed by atoms with Crippen LogP contribution in [0.1, 0.15) is 12.8 Å². The van der Waals surface area contributed by atoms with Crippen LogP contribution in [0.4, 0.5) is 0 Å². The lowest BCUT2D eigenvalue weighted by molar-refractivity contribution is -0.0831. The van der Waals surface area contributed by atoms with Gasteiger partial charge in [-0.2, -0.15) is 4.98 Å². The second-order valence-corrected chi connectivity index (χ2v) is 6.77. The summed E-state index contributed by atoms with van der Waals surface area (Å²) in [6, 6.07) is 6.67. The molecule has 5 heterocycles. The van der Waals surface area contributed by atoms with Gasteiger partial charge in [-0.3, -0.25) is 9.47 Å². The Hall–Kier alpha value is -1.26. The lowest BCUT2D eigenvalue weighted by Gasteiger charge is -2.50. The fourth-order valence-electron chi connectivity index (χ4n) is 4.21. The molecule has 4 aliphatic heterocycles. The van der Waals surface area contributed by atoms with Crippen LogP contribution >= 0.6 is 11.6 Å². The minimum absolute atomic E-state index is 0.0351. The molecule has 2 aromatic rings. The van der Waals surface area contributed by atoms with Gasteiger partial charge in [0.05, 0.1) is 17.6 Å². The van der Waals surface area contributed by atoms with Crippen LogP contribution in [0.5, 0.6) is 6.01 Å². The molecule has 4 aliphatic rings. The van der Waals surface area contributed by atoms with E-state index in [0.717, 1.165) is 35.2 Å². The summed E-state index contributed by atoms with van der Waals surface area (Å²) in [4.78, 5) is 7.16. The Kier molecular flexibility index (Phi) is 2.10. The summed E-state index contributed by atoms with van der Waals surface area (Å²) in [6.45, 7) is 4.45. The van der Waals surface area contributed by atoms with Crippen LogP contribution in [0, 0.1) is 5.92 Å². The van der Waals surface area contributed by atoms with E-state index in [-0.39, 0.29) is 5.60 Å². The average Bonchev–Trinajstić information content (AvgIpc) is 2.93. The molecule has 0 amide bonds. The van der Waals surface area contributed by atoms with Crippen LogP contribution in [0.15, 0.2) is 18.2 Å². The molecule has 0 radical (unpaired) electrons. The summed E-state index contributed by atoms with van der Waals surface area (Å²) in [5.74, 6) is 0.677. The predicted molar refractivity (Wildman–Crippen MR) is 77.3 cm³/mol. The van der Waals surface area contributed by atoms with Gasteiger partial charge in [-0.05, 0) is 44.1 Å². The van der Waals surface area contributed by atoms with Gasteiger partial charge < -0.3 is 4.74 Å². The number of imidazole rings is 1. The van der Waals surface area contributed by atoms with Crippen LogP contribution in [0.2, 0.25) is 5.02 Å². The number of piperidine rings is 3. The van der Waals surface area contributed by atoms with Crippen LogP contribution in [0.25, 0.3) is 11.0 Å². The first kappa shape index (κ1) is 11.4. The van der Waals surface area contributed by atoms with E-state index in [9.17, 15) is 0 Å². The number of halogens is 1. The molecule has 3 fully saturated rings. The highest BCUT2D eigenvalue weighted by molar-refractivity contribution is 6.31. The normalized spacial score (nSPS) is 34.6. The summed E-state index contributed by atoms with van der Waals surface area (Å²) < 4.78 is 8.59. The van der Waals surface area contributed by atoms with E-state index in [1.54, 1.807) is 0 Å². The molecular weight excluding hydrogens is 274 g/mol. The standard InChI is InChI=1S/C15H16ClN3O/c16-11-1-2-13-12(7-11)17-14-19(13)9-15(20-14)8-18-5-3-10(15)4-6-18/h1-2,7,10H,3-6,8-9H2/t15-/m1/s1. The molecule has 104 valence electrons. The Balaban J connectivity index is 1.59. The molecule has 20 heavy (non-hydrogen) atoms. The van der Waals surface area contributed by atoms with Crippen LogP contribution < -0.4 is 4.74 Å². The van der Waals surface area contributed by atoms with Crippen molar-refractivity contribution >= 4 is 22.6 Å². The lowest BCUT2D eigenvalue weighted by atomic mass is 9.75. The van der Waals surface area contributed by atoms with Crippen LogP contribution in [-0.4, -0.2) is 39.7 Å². The van der Waals surface area contributed by atoms with E-state index >= 15 is 0 Å². The Labute approximate surface area is 122 Å². The molecule has 6 rings (SSSR count). The average molecular weight is 290 g/mol. The Morgan fingerprint density at radius 1 is 1.25 bits per heavy atom. The van der Waals surface area contributed by atoms with E-state index in [1.807, 2.05) is 12.1 Å². The van der Waals surface area contributed by atoms with E-state index in [2.05, 4.69) is 20.5 Å². The zero-order valence-electron chi connectivity index (χ0n) is 11.2. The molecule has 0 unspecified atom stereocenters. The Morgan fingerprint density at radius 2 is 2.10 bits per heavy atom. The van der Waals surface area contributed by atoms with Gasteiger partial charge in [-0.1, -0.05) is 11.6 Å². The van der Waals surface area contributed by atoms with Crippen LogP contribution in [0.3, 0.4) is 0 Å². The monoisotopic (exact) mass is 289 g/mol. The molecule has 0 saturated carbocycles. The summed E-state index contributed by atoms with van der Waals surface area (Å²) in [5, 5.41) is 0.729. The van der Waals surface area contributed by atoms with E-state index in [4.69, 9.17) is 16.3 Å². The van der Waals surface area contributed by atoms with Crippen molar-refractivity contribution in [2.75, 3.05) is 19.6 Å². The van der Waals surface area contributed by atoms with Crippen molar-refractivity contribution in [2.45, 2.75) is 25.0 Å². The van der Waals surface area contributed by atoms with Gasteiger partial charge in [0.2, 0.25) is 0 Å². The predicted octanol–water partition coefficient (Wildman–Crippen LogP) is 2.55. The van der Waals surface area contributed by atoms with Crippen molar-refractivity contribution in [2.24, 2.45) is 5.92 Å². The zero-order chi connectivity index (χ0) is 13.3. The minimum atomic E-state index is -0.0351. The maximum absolute atomic E-state index is 6.36. The Morgan fingerprint density at radius 3 is 2.85 bits per heavy atom. The summed E-state index contributed by atoms with van der Waals surface area (Å²) in [7, 11) is 0. The van der Waals surface area contributed by atoms with Gasteiger partial charge in [0.15, 0.2) is 0 Å². The maximum Gasteiger partial charge on any atom is 0.298 e. The molecule has 0 N–H and O–H groups in total. The van der Waals surface area contributed by atoms with Gasteiger partial charge in [-0.25, -0.2) is 0 Å². The number of fused-ring (bicyclic) bond motifs is 5. The molecule has 1 atom stereocenters. The second kappa shape index (κ2) is 3.68. The molecule has 1 spiro atoms. The highest BCUT2D eigenvalue weighted by Gasteiger charge is 2.53. The van der Waals surface area contributed by atoms with Crippen molar-refractivity contribution in [3.8, 4) is 6.01 Å². The molecule has 0 aliphatic carbocycles. The first-order chi connectivity index (χ1) is 9.73. The SMILES string of the molecule is Clc1ccc2c(c1)nc1n2C[C@@]2(CN3CCC2CC3)O1. The number of aromatic nitrogens is 2. The summed E-state index contributed by atoms with van der Waals surface area (Å²) in [6.07, 6.45) is 2.52. The molecular formula is C15H16ClN3O. The largest absolute Gasteiger partial charge is 0.454 e. The minimum Gasteiger partial charge on any atom is -0.454 e. The third-order valence-corrected chi connectivity index (χ3v) is 5.45. The van der Waals surface area contributed by atoms with Crippen molar-refractivity contribution in [3.05, 3.63) is 23.2 Å². The van der Waals surface area contributed by atoms with Gasteiger partial charge in [0.1, 0.15) is 5.60 Å². The molecule has 1 aromatic heterocycles. The van der Waals surface area contributed by atoms with E-state index < -0.39 is 0 Å². The summed E-state index contributed by atoms with van der Waals surface area (Å²) in [5.41, 5.74) is 2.04. The number of rotatable bonds is 0.